The minimum Gasteiger partial charge on any atom is -0.493 e. The van der Waals surface area contributed by atoms with Crippen LogP contribution in [0.15, 0.2) is 174 Å². The van der Waals surface area contributed by atoms with Gasteiger partial charge in [0.1, 0.15) is 58.1 Å². The van der Waals surface area contributed by atoms with Gasteiger partial charge in [0.15, 0.2) is 0 Å². The molecule has 0 spiro atoms. The van der Waals surface area contributed by atoms with E-state index in [4.69, 9.17) is 37.9 Å². The Morgan fingerprint density at radius 3 is 0.755 bits per heavy atom. The number of benzene rings is 4. The van der Waals surface area contributed by atoms with Crippen molar-refractivity contribution in [3.63, 3.8) is 0 Å². The van der Waals surface area contributed by atoms with Crippen LogP contribution in [0.25, 0.3) is 0 Å². The van der Waals surface area contributed by atoms with E-state index in [1.54, 1.807) is 121 Å². The SMILES string of the molecule is C=CCCOc1cc(OCCC=C)cc(C(=O)NCCCC[C@H](NC(=O)c2cc(OCCC=C)cc(OCCC=C)c2)C(=O)NCCSSCCNC(=O)[C@H](CCCCNC(=O)c2cc(OCCC=C)cc(OCCC=C)c2)NC(=O)c2cc(OCCC=C)cc(OCCC=C)c2)c1. The van der Waals surface area contributed by atoms with Gasteiger partial charge in [0.05, 0.1) is 52.9 Å². The Bertz CT molecular complexity index is 2870. The highest BCUT2D eigenvalue weighted by atomic mass is 33.1. The lowest BCUT2D eigenvalue weighted by Gasteiger charge is -2.20. The van der Waals surface area contributed by atoms with Gasteiger partial charge >= 0.3 is 0 Å². The summed E-state index contributed by atoms with van der Waals surface area (Å²) < 4.78 is 47.1. The Morgan fingerprint density at radius 2 is 0.531 bits per heavy atom. The molecule has 0 saturated carbocycles. The van der Waals surface area contributed by atoms with Gasteiger partial charge in [-0.2, -0.15) is 0 Å². The summed E-state index contributed by atoms with van der Waals surface area (Å²) in [7, 11) is 2.97. The molecule has 4 aromatic rings. The van der Waals surface area contributed by atoms with Crippen molar-refractivity contribution in [2.24, 2.45) is 0 Å². The molecule has 0 heterocycles. The van der Waals surface area contributed by atoms with Crippen LogP contribution in [0.1, 0.15) is 131 Å². The van der Waals surface area contributed by atoms with Crippen molar-refractivity contribution < 1.29 is 66.7 Å². The van der Waals surface area contributed by atoms with E-state index in [2.05, 4.69) is 84.5 Å². The lowest BCUT2D eigenvalue weighted by Crippen LogP contribution is -2.47. The molecule has 0 unspecified atom stereocenters. The number of carbonyl (C=O) groups excluding carboxylic acids is 6. The molecule has 0 fully saturated rings. The van der Waals surface area contributed by atoms with E-state index in [-0.39, 0.29) is 62.0 Å². The summed E-state index contributed by atoms with van der Waals surface area (Å²) in [5.41, 5.74) is 1.18. The van der Waals surface area contributed by atoms with Crippen LogP contribution >= 0.6 is 21.6 Å². The predicted octanol–water partition coefficient (Wildman–Crippen LogP) is 13.0. The zero-order valence-corrected chi connectivity index (χ0v) is 58.3. The Morgan fingerprint density at radius 1 is 0.306 bits per heavy atom. The number of rotatable bonds is 57. The molecule has 530 valence electrons. The lowest BCUT2D eigenvalue weighted by molar-refractivity contribution is -0.123. The van der Waals surface area contributed by atoms with Crippen molar-refractivity contribution >= 4 is 57.0 Å². The van der Waals surface area contributed by atoms with E-state index in [0.29, 0.717) is 199 Å². The molecule has 20 nitrogen and oxygen atoms in total. The predicted molar refractivity (Wildman–Crippen MR) is 394 cm³/mol. The van der Waals surface area contributed by atoms with Crippen molar-refractivity contribution in [3.8, 4) is 46.0 Å². The second-order valence-electron chi connectivity index (χ2n) is 22.0. The van der Waals surface area contributed by atoms with Crippen LogP contribution in [0, 0.1) is 0 Å². The van der Waals surface area contributed by atoms with Crippen molar-refractivity contribution in [1.29, 1.82) is 0 Å². The van der Waals surface area contributed by atoms with Gasteiger partial charge in [-0.1, -0.05) is 70.2 Å². The maximum absolute atomic E-state index is 14.1. The topological polar surface area (TPSA) is 248 Å². The maximum atomic E-state index is 14.1. The number of amides is 6. The molecule has 4 aromatic carbocycles. The van der Waals surface area contributed by atoms with Crippen LogP contribution in [0.2, 0.25) is 0 Å². The first-order chi connectivity index (χ1) is 47.8. The Labute approximate surface area is 587 Å². The lowest BCUT2D eigenvalue weighted by atomic mass is 10.1. The first-order valence-corrected chi connectivity index (χ1v) is 35.7. The number of hydrogen-bond donors (Lipinski definition) is 6. The Kier molecular flexibility index (Phi) is 41.5. The van der Waals surface area contributed by atoms with Gasteiger partial charge < -0.3 is 69.8 Å². The second-order valence-corrected chi connectivity index (χ2v) is 24.7. The van der Waals surface area contributed by atoms with Crippen LogP contribution in [-0.2, 0) is 9.59 Å². The summed E-state index contributed by atoms with van der Waals surface area (Å²) in [6.45, 7) is 34.0. The average molecular weight is 1390 g/mol. The first kappa shape index (κ1) is 81.2. The monoisotopic (exact) mass is 1380 g/mol. The molecule has 0 saturated heterocycles. The fraction of sp³-hybridized carbons (Fsp3) is 0.395. The van der Waals surface area contributed by atoms with E-state index < -0.39 is 35.7 Å². The van der Waals surface area contributed by atoms with Gasteiger partial charge in [0, 0.05) is 84.2 Å². The van der Waals surface area contributed by atoms with Crippen LogP contribution in [-0.4, -0.2) is 138 Å². The zero-order valence-electron chi connectivity index (χ0n) is 56.7. The van der Waals surface area contributed by atoms with Crippen LogP contribution < -0.4 is 69.8 Å². The van der Waals surface area contributed by atoms with Crippen molar-refractivity contribution in [2.75, 3.05) is 90.5 Å². The number of nitrogens with one attached hydrogen (secondary N) is 6. The van der Waals surface area contributed by atoms with Crippen molar-refractivity contribution in [1.82, 2.24) is 31.9 Å². The molecule has 98 heavy (non-hydrogen) atoms. The quantitative estimate of drug-likeness (QED) is 0.0137. The molecule has 2 atom stereocenters. The molecule has 22 heteroatoms. The molecule has 0 radical (unpaired) electrons. The third-order valence-electron chi connectivity index (χ3n) is 14.0. The van der Waals surface area contributed by atoms with Gasteiger partial charge in [-0.3, -0.25) is 28.8 Å². The highest BCUT2D eigenvalue weighted by Gasteiger charge is 2.25. The van der Waals surface area contributed by atoms with E-state index in [0.717, 1.165) is 0 Å². The Balaban J connectivity index is 1.41. The molecular weight excluding hydrogens is 1280 g/mol. The minimum absolute atomic E-state index is 0.233. The molecule has 0 aromatic heterocycles. The van der Waals surface area contributed by atoms with E-state index in [1.165, 1.54) is 21.6 Å². The number of unbranched alkanes of at least 4 members (excludes halogenated alkanes) is 2. The normalized spacial score (nSPS) is 11.1. The van der Waals surface area contributed by atoms with Crippen LogP contribution in [0.5, 0.6) is 46.0 Å². The van der Waals surface area contributed by atoms with Crippen molar-refractivity contribution in [3.05, 3.63) is 196 Å². The summed E-state index contributed by atoms with van der Waals surface area (Å²) in [5, 5.41) is 17.7. The summed E-state index contributed by atoms with van der Waals surface area (Å²) >= 11 is 0. The summed E-state index contributed by atoms with van der Waals surface area (Å²) in [4.78, 5) is 83.2. The molecule has 6 amide bonds. The molecular formula is C76H100N6O14S2. The second kappa shape index (κ2) is 50.1. The first-order valence-electron chi connectivity index (χ1n) is 33.3. The Hall–Kier alpha value is -9.28. The summed E-state index contributed by atoms with van der Waals surface area (Å²) in [6.07, 6.45) is 21.1. The van der Waals surface area contributed by atoms with E-state index >= 15 is 0 Å². The van der Waals surface area contributed by atoms with Crippen molar-refractivity contribution in [2.45, 2.75) is 102 Å². The largest absolute Gasteiger partial charge is 0.493 e. The van der Waals surface area contributed by atoms with E-state index in [1.807, 2.05) is 0 Å². The molecule has 0 aliphatic carbocycles. The zero-order chi connectivity index (χ0) is 70.8. The number of ether oxygens (including phenoxy) is 8. The fourth-order valence-electron chi connectivity index (χ4n) is 8.93. The van der Waals surface area contributed by atoms with Gasteiger partial charge in [-0.15, -0.1) is 52.6 Å². The standard InChI is InChI=1S/C76H100N6O14S2/c1-9-17-35-89-61-45-57(46-62(53-61)90-36-18-10-2)71(83)77-31-27-25-29-69(81-73(85)59-49-65(93-39-21-13-5)55-66(50-59)94-40-22-14-6)75(87)79-33-43-97-98-44-34-80-76(88)70(82-74(86)60-51-67(95-41-23-15-7)56-68(52-60)96-42-24-16-8)30-26-28-32-78-72(84)58-47-63(91-37-19-11-3)54-64(48-58)92-38-20-12-4/h9-16,45-56,69-70H,1-8,17-44H2,(H,77,83)(H,78,84)(H,79,87)(H,80,88)(H,81,85)(H,82,86)/t69-,70-/m0/s1. The molecule has 6 N–H and O–H groups in total. The average Bonchev–Trinajstić information content (AvgIpc) is 0.923. The van der Waals surface area contributed by atoms with Gasteiger partial charge in [0.25, 0.3) is 23.6 Å². The summed E-state index contributed by atoms with van der Waals surface area (Å²) in [6, 6.07) is 18.0. The third-order valence-corrected chi connectivity index (χ3v) is 16.4. The van der Waals surface area contributed by atoms with Crippen LogP contribution in [0.3, 0.4) is 0 Å². The van der Waals surface area contributed by atoms with Gasteiger partial charge in [-0.25, -0.2) is 0 Å². The third kappa shape index (κ3) is 33.6. The molecule has 0 aliphatic heterocycles. The minimum atomic E-state index is -0.956. The van der Waals surface area contributed by atoms with E-state index in [9.17, 15) is 28.8 Å². The maximum Gasteiger partial charge on any atom is 0.252 e. The summed E-state index contributed by atoms with van der Waals surface area (Å²) in [5.74, 6) is 2.10. The number of carbonyl (C=O) groups is 6. The van der Waals surface area contributed by atoms with Crippen LogP contribution in [0.4, 0.5) is 0 Å². The van der Waals surface area contributed by atoms with Gasteiger partial charge in [-0.05, 0) is 138 Å². The molecule has 4 rings (SSSR count). The fourth-order valence-corrected chi connectivity index (χ4v) is 10.7. The number of hydrogen-bond acceptors (Lipinski definition) is 16. The molecule has 0 aliphatic rings. The smallest absolute Gasteiger partial charge is 0.252 e. The molecule has 0 bridgehead atoms. The highest BCUT2D eigenvalue weighted by Crippen LogP contribution is 2.28. The van der Waals surface area contributed by atoms with Gasteiger partial charge in [0.2, 0.25) is 11.8 Å². The highest BCUT2D eigenvalue weighted by molar-refractivity contribution is 8.76.